The van der Waals surface area contributed by atoms with Crippen molar-refractivity contribution < 1.29 is 19.0 Å². The molecule has 3 aliphatic rings. The molecule has 7 heteroatoms. The lowest BCUT2D eigenvalue weighted by atomic mass is 9.74. The number of carbonyl (C=O) groups is 1. The second kappa shape index (κ2) is 11.0. The number of pyridine rings is 1. The third-order valence-electron chi connectivity index (χ3n) is 7.66. The summed E-state index contributed by atoms with van der Waals surface area (Å²) in [6, 6.07) is 8.59. The molecule has 2 fully saturated rings. The van der Waals surface area contributed by atoms with Crippen LogP contribution in [0.4, 0.5) is 0 Å². The zero-order valence-electron chi connectivity index (χ0n) is 21.7. The predicted octanol–water partition coefficient (Wildman–Crippen LogP) is 4.55. The lowest BCUT2D eigenvalue weighted by molar-refractivity contribution is -0.148. The van der Waals surface area contributed by atoms with Gasteiger partial charge >= 0.3 is 5.97 Å². The first kappa shape index (κ1) is 24.8. The average molecular weight is 492 g/mol. The molecular formula is C29H37N3O4. The summed E-state index contributed by atoms with van der Waals surface area (Å²) in [5.41, 5.74) is 5.33. The summed E-state index contributed by atoms with van der Waals surface area (Å²) < 4.78 is 17.2. The van der Waals surface area contributed by atoms with Crippen molar-refractivity contribution in [3.8, 4) is 11.5 Å². The van der Waals surface area contributed by atoms with Crippen molar-refractivity contribution in [2.75, 3.05) is 33.4 Å². The van der Waals surface area contributed by atoms with E-state index in [9.17, 15) is 4.79 Å². The molecule has 1 saturated carbocycles. The zero-order chi connectivity index (χ0) is 25.1. The molecular weight excluding hydrogens is 454 g/mol. The standard InChI is InChI=1S/C29H37N3O4/c1-4-35-28-16-23-24-15-22(36-19(2)33)9-10-26(24)31-29(25(23)17-27(28)34-3)20-7-8-21(30-18-20)11-14-32-12-5-6-13-32/h7-8,16-18,22,24,26H,4-6,9-15H2,1-3H3. The van der Waals surface area contributed by atoms with E-state index in [0.29, 0.717) is 12.4 Å². The van der Waals surface area contributed by atoms with E-state index in [-0.39, 0.29) is 24.0 Å². The molecule has 5 rings (SSSR count). The minimum Gasteiger partial charge on any atom is -0.493 e. The van der Waals surface area contributed by atoms with Crippen LogP contribution < -0.4 is 9.47 Å². The number of fused-ring (bicyclic) bond motifs is 3. The molecule has 0 spiro atoms. The number of hydrogen-bond acceptors (Lipinski definition) is 7. The summed E-state index contributed by atoms with van der Waals surface area (Å²) in [5, 5.41) is 0. The maximum absolute atomic E-state index is 11.6. The second-order valence-corrected chi connectivity index (χ2v) is 10.1. The Labute approximate surface area is 213 Å². The van der Waals surface area contributed by atoms with E-state index in [1.54, 1.807) is 7.11 Å². The molecule has 3 unspecified atom stereocenters. The maximum atomic E-state index is 11.6. The van der Waals surface area contributed by atoms with Crippen LogP contribution in [0.25, 0.3) is 0 Å². The first-order chi connectivity index (χ1) is 17.6. The average Bonchev–Trinajstić information content (AvgIpc) is 3.41. The zero-order valence-corrected chi connectivity index (χ0v) is 21.7. The summed E-state index contributed by atoms with van der Waals surface area (Å²) in [6.45, 7) is 7.50. The number of ether oxygens (including phenoxy) is 3. The van der Waals surface area contributed by atoms with Gasteiger partial charge in [0.25, 0.3) is 0 Å². The van der Waals surface area contributed by atoms with Gasteiger partial charge in [-0.25, -0.2) is 0 Å². The summed E-state index contributed by atoms with van der Waals surface area (Å²) in [5.74, 6) is 1.38. The van der Waals surface area contributed by atoms with Crippen LogP contribution in [0.2, 0.25) is 0 Å². The van der Waals surface area contributed by atoms with Crippen molar-refractivity contribution in [1.29, 1.82) is 0 Å². The number of aliphatic imine (C=N–C) groups is 1. The Bertz CT molecular complexity index is 1110. The highest BCUT2D eigenvalue weighted by Crippen LogP contribution is 2.45. The van der Waals surface area contributed by atoms with Crippen LogP contribution >= 0.6 is 0 Å². The van der Waals surface area contributed by atoms with E-state index in [1.807, 2.05) is 19.2 Å². The van der Waals surface area contributed by atoms with E-state index < -0.39 is 0 Å². The van der Waals surface area contributed by atoms with Gasteiger partial charge in [0.2, 0.25) is 0 Å². The molecule has 0 bridgehead atoms. The number of carbonyl (C=O) groups excluding carboxylic acids is 1. The highest BCUT2D eigenvalue weighted by Gasteiger charge is 2.38. The highest BCUT2D eigenvalue weighted by molar-refractivity contribution is 6.14. The smallest absolute Gasteiger partial charge is 0.302 e. The largest absolute Gasteiger partial charge is 0.493 e. The van der Waals surface area contributed by atoms with Crippen LogP contribution in [0.3, 0.4) is 0 Å². The molecule has 3 atom stereocenters. The van der Waals surface area contributed by atoms with E-state index in [2.05, 4.69) is 23.1 Å². The number of aromatic nitrogens is 1. The Morgan fingerprint density at radius 2 is 1.97 bits per heavy atom. The van der Waals surface area contributed by atoms with Crippen LogP contribution in [0.15, 0.2) is 35.5 Å². The molecule has 1 aromatic carbocycles. The monoisotopic (exact) mass is 491 g/mol. The Balaban J connectivity index is 1.46. The second-order valence-electron chi connectivity index (χ2n) is 10.1. The molecule has 3 heterocycles. The topological polar surface area (TPSA) is 73.2 Å². The van der Waals surface area contributed by atoms with Crippen molar-refractivity contribution in [3.05, 3.63) is 52.8 Å². The van der Waals surface area contributed by atoms with Crippen LogP contribution in [0.1, 0.15) is 74.3 Å². The number of likely N-dealkylation sites (tertiary alicyclic amines) is 1. The van der Waals surface area contributed by atoms with Gasteiger partial charge < -0.3 is 19.1 Å². The van der Waals surface area contributed by atoms with E-state index in [0.717, 1.165) is 60.5 Å². The van der Waals surface area contributed by atoms with Crippen LogP contribution in [-0.2, 0) is 16.0 Å². The van der Waals surface area contributed by atoms with E-state index >= 15 is 0 Å². The Morgan fingerprint density at radius 1 is 1.14 bits per heavy atom. The number of rotatable bonds is 8. The van der Waals surface area contributed by atoms with Crippen LogP contribution in [-0.4, -0.2) is 67.1 Å². The first-order valence-electron chi connectivity index (χ1n) is 13.3. The first-order valence-corrected chi connectivity index (χ1v) is 13.3. The van der Waals surface area contributed by atoms with Crippen molar-refractivity contribution in [2.45, 2.75) is 70.4 Å². The molecule has 1 aliphatic carbocycles. The van der Waals surface area contributed by atoms with Gasteiger partial charge in [0.15, 0.2) is 11.5 Å². The number of hydrogen-bond donors (Lipinski definition) is 0. The van der Waals surface area contributed by atoms with Gasteiger partial charge in [-0.1, -0.05) is 0 Å². The molecule has 1 saturated heterocycles. The third kappa shape index (κ3) is 5.26. The van der Waals surface area contributed by atoms with Crippen molar-refractivity contribution >= 4 is 11.7 Å². The Morgan fingerprint density at radius 3 is 2.67 bits per heavy atom. The highest BCUT2D eigenvalue weighted by atomic mass is 16.5. The molecule has 0 N–H and O–H groups in total. The fourth-order valence-corrected chi connectivity index (χ4v) is 5.92. The molecule has 7 nitrogen and oxygen atoms in total. The Hall–Kier alpha value is -2.93. The molecule has 192 valence electrons. The van der Waals surface area contributed by atoms with Crippen LogP contribution in [0.5, 0.6) is 11.5 Å². The van der Waals surface area contributed by atoms with Gasteiger partial charge in [-0.15, -0.1) is 0 Å². The van der Waals surface area contributed by atoms with Crippen LogP contribution in [0, 0.1) is 0 Å². The SMILES string of the molecule is CCOc1cc2c(cc1OC)C(c1ccc(CCN3CCCC3)nc1)=NC1CCC(OC(C)=O)CC21. The summed E-state index contributed by atoms with van der Waals surface area (Å²) in [6.07, 6.45) is 7.94. The minimum atomic E-state index is -0.223. The van der Waals surface area contributed by atoms with E-state index in [1.165, 1.54) is 38.4 Å². The molecule has 2 aliphatic heterocycles. The third-order valence-corrected chi connectivity index (χ3v) is 7.66. The predicted molar refractivity (Wildman–Crippen MR) is 139 cm³/mol. The normalized spacial score (nSPS) is 23.4. The quantitative estimate of drug-likeness (QED) is 0.505. The molecule has 36 heavy (non-hydrogen) atoms. The summed E-state index contributed by atoms with van der Waals surface area (Å²) >= 11 is 0. The maximum Gasteiger partial charge on any atom is 0.302 e. The number of methoxy groups -OCH3 is 1. The molecule has 0 amide bonds. The van der Waals surface area contributed by atoms with Gasteiger partial charge in [0.05, 0.1) is 25.5 Å². The fourth-order valence-electron chi connectivity index (χ4n) is 5.92. The van der Waals surface area contributed by atoms with Crippen molar-refractivity contribution in [3.63, 3.8) is 0 Å². The van der Waals surface area contributed by atoms with Gasteiger partial charge in [0, 0.05) is 48.8 Å². The van der Waals surface area contributed by atoms with Crippen molar-refractivity contribution in [1.82, 2.24) is 9.88 Å². The van der Waals surface area contributed by atoms with Gasteiger partial charge in [0.1, 0.15) is 6.10 Å². The lowest BCUT2D eigenvalue weighted by Crippen LogP contribution is -2.36. The van der Waals surface area contributed by atoms with E-state index in [4.69, 9.17) is 24.2 Å². The van der Waals surface area contributed by atoms with Gasteiger partial charge in [-0.2, -0.15) is 0 Å². The number of esters is 1. The molecule has 0 radical (unpaired) electrons. The van der Waals surface area contributed by atoms with Gasteiger partial charge in [-0.3, -0.25) is 14.8 Å². The summed E-state index contributed by atoms with van der Waals surface area (Å²) in [4.78, 5) is 24.2. The number of nitrogens with zero attached hydrogens (tertiary/aromatic N) is 3. The number of benzene rings is 1. The lowest BCUT2D eigenvalue weighted by Gasteiger charge is -2.38. The minimum absolute atomic E-state index is 0.0810. The van der Waals surface area contributed by atoms with Crippen molar-refractivity contribution in [2.24, 2.45) is 4.99 Å². The fraction of sp³-hybridized carbons (Fsp3) is 0.552. The van der Waals surface area contributed by atoms with Gasteiger partial charge in [-0.05, 0) is 81.9 Å². The molecule has 2 aromatic rings. The molecule has 1 aromatic heterocycles. The summed E-state index contributed by atoms with van der Waals surface area (Å²) in [7, 11) is 1.67. The Kier molecular flexibility index (Phi) is 7.56.